The van der Waals surface area contributed by atoms with Gasteiger partial charge in [0.2, 0.25) is 0 Å². The van der Waals surface area contributed by atoms with E-state index in [9.17, 15) is 0 Å². The average molecular weight is 188 g/mol. The normalized spacial score (nSPS) is 16.3. The molecule has 3 heteroatoms. The molecule has 0 atom stereocenters. The number of allylic oxidation sites excluding steroid dienone is 1. The van der Waals surface area contributed by atoms with Gasteiger partial charge in [0.05, 0.1) is 25.4 Å². The third kappa shape index (κ3) is 1.84. The molecule has 14 heavy (non-hydrogen) atoms. The van der Waals surface area contributed by atoms with E-state index in [-0.39, 0.29) is 0 Å². The molecule has 0 aromatic heterocycles. The number of nitrogens with zero attached hydrogens (tertiary/aromatic N) is 2. The minimum absolute atomic E-state index is 0.381. The first-order valence-corrected chi connectivity index (χ1v) is 4.50. The average Bonchev–Trinajstić information content (AvgIpc) is 2.27. The molecule has 72 valence electrons. The molecular weight excluding hydrogens is 176 g/mol. The van der Waals surface area contributed by atoms with E-state index in [1.807, 2.05) is 6.08 Å². The molecule has 0 saturated heterocycles. The molecule has 1 rings (SSSR count). The predicted octanol–water partition coefficient (Wildman–Crippen LogP) is 1.94. The first-order valence-electron chi connectivity index (χ1n) is 4.50. The molecule has 1 aliphatic heterocycles. The summed E-state index contributed by atoms with van der Waals surface area (Å²) in [5, 5.41) is 18.1. The topological polar surface area (TPSA) is 56.8 Å². The van der Waals surface area contributed by atoms with Gasteiger partial charge in [-0.15, -0.1) is 6.58 Å². The van der Waals surface area contributed by atoms with Gasteiger partial charge in [-0.3, -0.25) is 0 Å². The number of hydrogen-bond donors (Lipinski definition) is 0. The Morgan fingerprint density at radius 1 is 1.57 bits per heavy atom. The van der Waals surface area contributed by atoms with Crippen molar-refractivity contribution in [3.05, 3.63) is 24.3 Å². The molecule has 0 spiro atoms. The van der Waals surface area contributed by atoms with Crippen molar-refractivity contribution in [1.29, 1.82) is 10.5 Å². The van der Waals surface area contributed by atoms with Gasteiger partial charge >= 0.3 is 0 Å². The highest BCUT2D eigenvalue weighted by Gasteiger charge is 2.33. The van der Waals surface area contributed by atoms with Crippen LogP contribution in [-0.4, -0.2) is 13.2 Å². The second kappa shape index (κ2) is 4.60. The molecule has 3 nitrogen and oxygen atoms in total. The Balaban J connectivity index is 2.98. The van der Waals surface area contributed by atoms with Gasteiger partial charge in [-0.1, -0.05) is 12.2 Å². The molecule has 0 fully saturated rings. The molecule has 0 aromatic rings. The zero-order valence-electron chi connectivity index (χ0n) is 7.99. The molecule has 0 radical (unpaired) electrons. The van der Waals surface area contributed by atoms with Crippen LogP contribution in [-0.2, 0) is 4.74 Å². The summed E-state index contributed by atoms with van der Waals surface area (Å²) in [5.74, 6) is 0. The van der Waals surface area contributed by atoms with Crippen LogP contribution in [0.1, 0.15) is 12.8 Å². The Morgan fingerprint density at radius 2 is 2.29 bits per heavy atom. The number of nitriles is 2. The highest BCUT2D eigenvalue weighted by molar-refractivity contribution is 5.34. The van der Waals surface area contributed by atoms with Gasteiger partial charge in [0.25, 0.3) is 0 Å². The summed E-state index contributed by atoms with van der Waals surface area (Å²) >= 11 is 0. The molecule has 0 bridgehead atoms. The van der Waals surface area contributed by atoms with Crippen molar-refractivity contribution in [2.75, 3.05) is 13.2 Å². The van der Waals surface area contributed by atoms with Crippen LogP contribution in [0.4, 0.5) is 0 Å². The van der Waals surface area contributed by atoms with Crippen molar-refractivity contribution >= 4 is 0 Å². The Hall–Kier alpha value is -1.58. The van der Waals surface area contributed by atoms with E-state index in [0.717, 1.165) is 5.57 Å². The minimum atomic E-state index is -1.02. The van der Waals surface area contributed by atoms with E-state index in [1.54, 1.807) is 6.08 Å². The van der Waals surface area contributed by atoms with E-state index < -0.39 is 5.41 Å². The van der Waals surface area contributed by atoms with Crippen LogP contribution >= 0.6 is 0 Å². The van der Waals surface area contributed by atoms with E-state index >= 15 is 0 Å². The van der Waals surface area contributed by atoms with Gasteiger partial charge in [0, 0.05) is 6.42 Å². The molecule has 0 N–H and O–H groups in total. The summed E-state index contributed by atoms with van der Waals surface area (Å²) < 4.78 is 5.14. The van der Waals surface area contributed by atoms with Crippen LogP contribution in [0.2, 0.25) is 0 Å². The van der Waals surface area contributed by atoms with Crippen molar-refractivity contribution in [2.45, 2.75) is 12.8 Å². The fourth-order valence-corrected chi connectivity index (χ4v) is 1.52. The fraction of sp³-hybridized carbons (Fsp3) is 0.455. The van der Waals surface area contributed by atoms with E-state index in [0.29, 0.717) is 26.1 Å². The van der Waals surface area contributed by atoms with Crippen LogP contribution in [0, 0.1) is 28.1 Å². The maximum atomic E-state index is 9.06. The number of rotatable bonds is 3. The lowest BCUT2D eigenvalue weighted by molar-refractivity contribution is 0.150. The number of hydrogen-bond acceptors (Lipinski definition) is 3. The lowest BCUT2D eigenvalue weighted by Gasteiger charge is -2.23. The van der Waals surface area contributed by atoms with Crippen LogP contribution < -0.4 is 0 Å². The van der Waals surface area contributed by atoms with Crippen molar-refractivity contribution in [1.82, 2.24) is 0 Å². The van der Waals surface area contributed by atoms with Gasteiger partial charge < -0.3 is 4.74 Å². The quantitative estimate of drug-likeness (QED) is 0.636. The minimum Gasteiger partial charge on any atom is -0.377 e. The summed E-state index contributed by atoms with van der Waals surface area (Å²) in [6, 6.07) is 4.16. The summed E-state index contributed by atoms with van der Waals surface area (Å²) in [5.41, 5.74) is -0.153. The third-order valence-electron chi connectivity index (χ3n) is 2.34. The summed E-state index contributed by atoms with van der Waals surface area (Å²) in [4.78, 5) is 0. The van der Waals surface area contributed by atoms with Crippen molar-refractivity contribution in [3.8, 4) is 12.1 Å². The summed E-state index contributed by atoms with van der Waals surface area (Å²) in [7, 11) is 0. The van der Waals surface area contributed by atoms with Gasteiger partial charge in [0.1, 0.15) is 0 Å². The molecule has 0 unspecified atom stereocenters. The van der Waals surface area contributed by atoms with E-state index in [4.69, 9.17) is 15.3 Å². The van der Waals surface area contributed by atoms with Crippen LogP contribution in [0.25, 0.3) is 0 Å². The summed E-state index contributed by atoms with van der Waals surface area (Å²) in [6.07, 6.45) is 4.49. The van der Waals surface area contributed by atoms with E-state index in [1.165, 1.54) is 0 Å². The van der Waals surface area contributed by atoms with Crippen LogP contribution in [0.5, 0.6) is 0 Å². The van der Waals surface area contributed by atoms with Crippen molar-refractivity contribution in [2.24, 2.45) is 5.41 Å². The Bertz CT molecular complexity index is 316. The van der Waals surface area contributed by atoms with Gasteiger partial charge in [-0.2, -0.15) is 10.5 Å². The van der Waals surface area contributed by atoms with E-state index in [2.05, 4.69) is 18.7 Å². The zero-order valence-corrected chi connectivity index (χ0v) is 7.99. The zero-order chi connectivity index (χ0) is 10.4. The van der Waals surface area contributed by atoms with Gasteiger partial charge in [-0.05, 0) is 12.0 Å². The lowest BCUT2D eigenvalue weighted by Crippen LogP contribution is -2.22. The smallest absolute Gasteiger partial charge is 0.168 e. The molecule has 1 aliphatic rings. The Kier molecular flexibility index (Phi) is 3.45. The monoisotopic (exact) mass is 188 g/mol. The predicted molar refractivity (Wildman–Crippen MR) is 52.0 cm³/mol. The molecule has 1 heterocycles. The second-order valence-electron chi connectivity index (χ2n) is 3.18. The Labute approximate surface area is 83.9 Å². The first kappa shape index (κ1) is 10.5. The second-order valence-corrected chi connectivity index (χ2v) is 3.18. The Morgan fingerprint density at radius 3 is 2.71 bits per heavy atom. The molecule has 0 aromatic carbocycles. The van der Waals surface area contributed by atoms with Crippen molar-refractivity contribution < 1.29 is 4.74 Å². The SMILES string of the molecule is C=CCC(C#N)(C#N)C1=CCOCC1. The number of ether oxygens (including phenoxy) is 1. The standard InChI is InChI=1S/C11H12N2O/c1-2-5-11(8-12,9-13)10-3-6-14-7-4-10/h2-3H,1,4-7H2. The maximum Gasteiger partial charge on any atom is 0.168 e. The van der Waals surface area contributed by atoms with Crippen LogP contribution in [0.15, 0.2) is 24.3 Å². The lowest BCUT2D eigenvalue weighted by atomic mass is 9.78. The molecular formula is C11H12N2O. The van der Waals surface area contributed by atoms with Crippen molar-refractivity contribution in [3.63, 3.8) is 0 Å². The van der Waals surface area contributed by atoms with Gasteiger partial charge in [-0.25, -0.2) is 0 Å². The fourth-order valence-electron chi connectivity index (χ4n) is 1.52. The molecule has 0 amide bonds. The molecule has 0 saturated carbocycles. The highest BCUT2D eigenvalue weighted by atomic mass is 16.5. The van der Waals surface area contributed by atoms with Gasteiger partial charge in [0.15, 0.2) is 5.41 Å². The maximum absolute atomic E-state index is 9.06. The largest absolute Gasteiger partial charge is 0.377 e. The highest BCUT2D eigenvalue weighted by Crippen LogP contribution is 2.33. The first-order chi connectivity index (χ1) is 6.79. The summed E-state index contributed by atoms with van der Waals surface area (Å²) in [6.45, 7) is 4.66. The van der Waals surface area contributed by atoms with Crippen LogP contribution in [0.3, 0.4) is 0 Å². The third-order valence-corrected chi connectivity index (χ3v) is 2.34. The molecule has 0 aliphatic carbocycles.